The summed E-state index contributed by atoms with van der Waals surface area (Å²) < 4.78 is 0. The number of carbonyl (C=O) groups excluding carboxylic acids is 1. The predicted molar refractivity (Wildman–Crippen MR) is 75.7 cm³/mol. The zero-order chi connectivity index (χ0) is 13.4. The van der Waals surface area contributed by atoms with Crippen molar-refractivity contribution in [3.8, 4) is 0 Å². The largest absolute Gasteiger partial charge is 0.397 e. The second-order valence-corrected chi connectivity index (χ2v) is 4.83. The lowest BCUT2D eigenvalue weighted by Crippen LogP contribution is -2.40. The number of rotatable bonds is 2. The molecule has 1 fully saturated rings. The monoisotopic (exact) mass is 256 g/mol. The first kappa shape index (κ1) is 11.8. The first-order valence-electron chi connectivity index (χ1n) is 6.37. The van der Waals surface area contributed by atoms with Crippen molar-refractivity contribution >= 4 is 28.2 Å². The quantitative estimate of drug-likeness (QED) is 0.792. The lowest BCUT2D eigenvalue weighted by molar-refractivity contribution is -0.119. The molecule has 1 aromatic carbocycles. The van der Waals surface area contributed by atoms with E-state index >= 15 is 0 Å². The van der Waals surface area contributed by atoms with Crippen molar-refractivity contribution < 1.29 is 4.79 Å². The Hall–Kier alpha value is -2.30. The van der Waals surface area contributed by atoms with Crippen molar-refractivity contribution in [2.75, 3.05) is 17.2 Å². The maximum Gasteiger partial charge on any atom is 0.240 e. The fourth-order valence-electron chi connectivity index (χ4n) is 2.78. The second kappa shape index (κ2) is 4.42. The van der Waals surface area contributed by atoms with Crippen LogP contribution < -0.4 is 16.4 Å². The number of benzene rings is 1. The van der Waals surface area contributed by atoms with Gasteiger partial charge in [-0.2, -0.15) is 0 Å². The number of hydrogen-bond donors (Lipinski definition) is 2. The molecule has 5 nitrogen and oxygen atoms in total. The van der Waals surface area contributed by atoms with Crippen LogP contribution in [0.1, 0.15) is 12.8 Å². The fourth-order valence-corrected chi connectivity index (χ4v) is 2.78. The average molecular weight is 256 g/mol. The van der Waals surface area contributed by atoms with Gasteiger partial charge in [-0.15, -0.1) is 0 Å². The number of carbonyl (C=O) groups is 1. The molecule has 3 rings (SSSR count). The number of nitrogens with two attached hydrogens (primary N) is 2. The molecule has 98 valence electrons. The fraction of sp³-hybridized carbons (Fsp3) is 0.286. The zero-order valence-electron chi connectivity index (χ0n) is 10.5. The number of hydrogen-bond acceptors (Lipinski definition) is 4. The highest BCUT2D eigenvalue weighted by molar-refractivity contribution is 6.00. The Labute approximate surface area is 111 Å². The maximum atomic E-state index is 11.5. The Morgan fingerprint density at radius 1 is 1.37 bits per heavy atom. The lowest BCUT2D eigenvalue weighted by Gasteiger charge is -2.26. The van der Waals surface area contributed by atoms with E-state index in [1.807, 2.05) is 24.3 Å². The van der Waals surface area contributed by atoms with Crippen LogP contribution in [0.25, 0.3) is 10.9 Å². The third kappa shape index (κ3) is 1.87. The minimum Gasteiger partial charge on any atom is -0.397 e. The summed E-state index contributed by atoms with van der Waals surface area (Å²) in [6.07, 6.45) is 3.50. The number of nitrogen functional groups attached to an aromatic ring is 1. The zero-order valence-corrected chi connectivity index (χ0v) is 10.5. The molecular formula is C14H16N4O. The molecule has 4 N–H and O–H groups in total. The van der Waals surface area contributed by atoms with E-state index in [4.69, 9.17) is 11.5 Å². The topological polar surface area (TPSA) is 85.2 Å². The molecule has 0 bridgehead atoms. The number of pyridine rings is 1. The van der Waals surface area contributed by atoms with E-state index in [1.165, 1.54) is 0 Å². The Morgan fingerprint density at radius 2 is 2.21 bits per heavy atom. The first-order chi connectivity index (χ1) is 9.18. The SMILES string of the molecule is NC(=O)C1CCCN1c1ccc(N)c2ncccc12. The molecule has 1 saturated heterocycles. The molecule has 1 amide bonds. The van der Waals surface area contributed by atoms with Crippen LogP contribution in [0.3, 0.4) is 0 Å². The third-order valence-electron chi connectivity index (χ3n) is 3.67. The van der Waals surface area contributed by atoms with E-state index in [0.29, 0.717) is 5.69 Å². The Kier molecular flexibility index (Phi) is 2.74. The summed E-state index contributed by atoms with van der Waals surface area (Å²) in [7, 11) is 0. The van der Waals surface area contributed by atoms with Crippen LogP contribution in [-0.4, -0.2) is 23.5 Å². The van der Waals surface area contributed by atoms with Crippen molar-refractivity contribution in [1.29, 1.82) is 0 Å². The van der Waals surface area contributed by atoms with E-state index in [2.05, 4.69) is 9.88 Å². The van der Waals surface area contributed by atoms with Crippen molar-refractivity contribution in [1.82, 2.24) is 4.98 Å². The number of aromatic nitrogens is 1. The van der Waals surface area contributed by atoms with Crippen molar-refractivity contribution in [2.24, 2.45) is 5.73 Å². The highest BCUT2D eigenvalue weighted by Gasteiger charge is 2.30. The molecule has 0 aliphatic carbocycles. The van der Waals surface area contributed by atoms with E-state index in [9.17, 15) is 4.79 Å². The molecule has 1 aliphatic rings. The molecule has 1 atom stereocenters. The van der Waals surface area contributed by atoms with Gasteiger partial charge in [-0.3, -0.25) is 9.78 Å². The molecule has 0 spiro atoms. The first-order valence-corrected chi connectivity index (χ1v) is 6.37. The summed E-state index contributed by atoms with van der Waals surface area (Å²) in [6.45, 7) is 0.835. The van der Waals surface area contributed by atoms with E-state index in [0.717, 1.165) is 36.0 Å². The maximum absolute atomic E-state index is 11.5. The smallest absolute Gasteiger partial charge is 0.240 e. The van der Waals surface area contributed by atoms with Crippen LogP contribution in [0.5, 0.6) is 0 Å². The van der Waals surface area contributed by atoms with Crippen LogP contribution in [0.4, 0.5) is 11.4 Å². The normalized spacial score (nSPS) is 18.9. The van der Waals surface area contributed by atoms with Gasteiger partial charge in [0.1, 0.15) is 6.04 Å². The standard InChI is InChI=1S/C14H16N4O/c15-10-5-6-11(9-3-1-7-17-13(9)10)18-8-2-4-12(18)14(16)19/h1,3,5-7,12H,2,4,8,15H2,(H2,16,19). The number of nitrogens with zero attached hydrogens (tertiary/aromatic N) is 2. The summed E-state index contributed by atoms with van der Waals surface area (Å²) in [4.78, 5) is 17.9. The van der Waals surface area contributed by atoms with Gasteiger partial charge < -0.3 is 16.4 Å². The van der Waals surface area contributed by atoms with Crippen LogP contribution in [-0.2, 0) is 4.79 Å². The number of anilines is 2. The van der Waals surface area contributed by atoms with Gasteiger partial charge in [0, 0.05) is 23.8 Å². The lowest BCUT2D eigenvalue weighted by atomic mass is 10.1. The van der Waals surface area contributed by atoms with Gasteiger partial charge >= 0.3 is 0 Å². The van der Waals surface area contributed by atoms with Gasteiger partial charge in [0.05, 0.1) is 11.2 Å². The van der Waals surface area contributed by atoms with Crippen LogP contribution in [0.2, 0.25) is 0 Å². The van der Waals surface area contributed by atoms with Crippen molar-refractivity contribution in [3.63, 3.8) is 0 Å². The Balaban J connectivity index is 2.15. The molecule has 1 unspecified atom stereocenters. The van der Waals surface area contributed by atoms with E-state index in [-0.39, 0.29) is 11.9 Å². The predicted octanol–water partition coefficient (Wildman–Crippen LogP) is 1.27. The molecule has 0 radical (unpaired) electrons. The van der Waals surface area contributed by atoms with Crippen LogP contribution in [0, 0.1) is 0 Å². The summed E-state index contributed by atoms with van der Waals surface area (Å²) in [5, 5.41) is 0.968. The minimum atomic E-state index is -0.272. The van der Waals surface area contributed by atoms with Gasteiger partial charge in [0.15, 0.2) is 0 Å². The Morgan fingerprint density at radius 3 is 3.00 bits per heavy atom. The molecule has 1 aromatic heterocycles. The summed E-state index contributed by atoms with van der Waals surface area (Å²) in [6, 6.07) is 7.40. The van der Waals surface area contributed by atoms with Crippen LogP contribution >= 0.6 is 0 Å². The Bertz CT molecular complexity index is 640. The second-order valence-electron chi connectivity index (χ2n) is 4.83. The van der Waals surface area contributed by atoms with Crippen molar-refractivity contribution in [3.05, 3.63) is 30.5 Å². The summed E-state index contributed by atoms with van der Waals surface area (Å²) in [5.41, 5.74) is 13.8. The van der Waals surface area contributed by atoms with Gasteiger partial charge in [-0.1, -0.05) is 0 Å². The molecular weight excluding hydrogens is 240 g/mol. The molecule has 1 aliphatic heterocycles. The number of primary amides is 1. The number of amides is 1. The van der Waals surface area contributed by atoms with E-state index in [1.54, 1.807) is 6.20 Å². The number of fused-ring (bicyclic) bond motifs is 1. The third-order valence-corrected chi connectivity index (χ3v) is 3.67. The minimum absolute atomic E-state index is 0.230. The molecule has 5 heteroatoms. The van der Waals surface area contributed by atoms with Gasteiger partial charge in [0.25, 0.3) is 0 Å². The molecule has 2 heterocycles. The van der Waals surface area contributed by atoms with Gasteiger partial charge in [0.2, 0.25) is 5.91 Å². The van der Waals surface area contributed by atoms with Gasteiger partial charge in [-0.25, -0.2) is 0 Å². The molecule has 0 saturated carbocycles. The van der Waals surface area contributed by atoms with Crippen molar-refractivity contribution in [2.45, 2.75) is 18.9 Å². The highest BCUT2D eigenvalue weighted by atomic mass is 16.1. The molecule has 19 heavy (non-hydrogen) atoms. The summed E-state index contributed by atoms with van der Waals surface area (Å²) in [5.74, 6) is -0.272. The van der Waals surface area contributed by atoms with Gasteiger partial charge in [-0.05, 0) is 37.1 Å². The van der Waals surface area contributed by atoms with E-state index < -0.39 is 0 Å². The van der Waals surface area contributed by atoms with Crippen LogP contribution in [0.15, 0.2) is 30.5 Å². The molecule has 2 aromatic rings. The summed E-state index contributed by atoms with van der Waals surface area (Å²) >= 11 is 0. The highest BCUT2D eigenvalue weighted by Crippen LogP contribution is 2.33. The average Bonchev–Trinajstić information content (AvgIpc) is 2.89.